The van der Waals surface area contributed by atoms with Crippen LogP contribution in [0.25, 0.3) is 0 Å². The van der Waals surface area contributed by atoms with Gasteiger partial charge in [0.05, 0.1) is 10.7 Å². The van der Waals surface area contributed by atoms with Crippen LogP contribution in [0.5, 0.6) is 0 Å². The summed E-state index contributed by atoms with van der Waals surface area (Å²) in [7, 11) is 0. The number of hydrogen-bond donors (Lipinski definition) is 3. The molecule has 0 heterocycles. The molecule has 3 N–H and O–H groups in total. The summed E-state index contributed by atoms with van der Waals surface area (Å²) in [5.74, 6) is -2.88. The van der Waals surface area contributed by atoms with Crippen molar-refractivity contribution < 1.29 is 23.9 Å². The molecule has 0 saturated carbocycles. The lowest BCUT2D eigenvalue weighted by atomic mass is 10.3. The molecule has 0 saturated heterocycles. The summed E-state index contributed by atoms with van der Waals surface area (Å²) in [6, 6.07) is 2.34. The molecule has 1 aromatic carbocycles. The maximum atomic E-state index is 12.9. The summed E-state index contributed by atoms with van der Waals surface area (Å²) < 4.78 is 12.9. The van der Waals surface area contributed by atoms with Gasteiger partial charge in [-0.3, -0.25) is 10.1 Å². The van der Waals surface area contributed by atoms with Crippen molar-refractivity contribution in [3.8, 4) is 0 Å². The topological polar surface area (TPSA) is 95.5 Å². The number of benzene rings is 1. The van der Waals surface area contributed by atoms with E-state index in [1.807, 2.05) is 5.32 Å². The van der Waals surface area contributed by atoms with E-state index in [1.54, 1.807) is 0 Å². The van der Waals surface area contributed by atoms with Crippen LogP contribution in [0.3, 0.4) is 0 Å². The molecule has 0 aliphatic heterocycles. The number of carboxylic acid groups (broad SMARTS) is 1. The van der Waals surface area contributed by atoms with Crippen LogP contribution in [-0.2, 0) is 9.59 Å². The van der Waals surface area contributed by atoms with Crippen LogP contribution in [0, 0.1) is 5.82 Å². The Morgan fingerprint density at radius 1 is 1.26 bits per heavy atom. The van der Waals surface area contributed by atoms with Gasteiger partial charge in [-0.15, -0.1) is 0 Å². The van der Waals surface area contributed by atoms with E-state index < -0.39 is 23.7 Å². The van der Waals surface area contributed by atoms with Crippen LogP contribution in [0.15, 0.2) is 30.4 Å². The molecular weight excluding hydrogens is 279 g/mol. The number of anilines is 1. The highest BCUT2D eigenvalue weighted by Gasteiger charge is 2.09. The minimum atomic E-state index is -1.33. The minimum absolute atomic E-state index is 0.0193. The second-order valence-corrected chi connectivity index (χ2v) is 3.65. The highest BCUT2D eigenvalue weighted by molar-refractivity contribution is 6.33. The molecule has 0 bridgehead atoms. The number of imide groups is 1. The molecular formula is C11H8ClFN2O4. The minimum Gasteiger partial charge on any atom is -0.478 e. The van der Waals surface area contributed by atoms with Crippen LogP contribution in [0.1, 0.15) is 0 Å². The van der Waals surface area contributed by atoms with Crippen molar-refractivity contribution in [2.45, 2.75) is 0 Å². The van der Waals surface area contributed by atoms with Crippen molar-refractivity contribution in [2.75, 3.05) is 5.32 Å². The number of aliphatic carboxylic acids is 1. The molecule has 3 amide bonds. The second-order valence-electron chi connectivity index (χ2n) is 3.24. The van der Waals surface area contributed by atoms with Gasteiger partial charge >= 0.3 is 12.0 Å². The molecule has 0 fully saturated rings. The Morgan fingerprint density at radius 3 is 2.58 bits per heavy atom. The highest BCUT2D eigenvalue weighted by atomic mass is 35.5. The molecule has 0 aliphatic rings. The molecule has 0 unspecified atom stereocenters. The summed E-state index contributed by atoms with van der Waals surface area (Å²) in [6.45, 7) is 0. The number of amides is 3. The van der Waals surface area contributed by atoms with Gasteiger partial charge in [-0.25, -0.2) is 14.0 Å². The number of hydrogen-bond acceptors (Lipinski definition) is 3. The smallest absolute Gasteiger partial charge is 0.328 e. The number of rotatable bonds is 3. The predicted octanol–water partition coefficient (Wildman–Crippen LogP) is 1.77. The zero-order chi connectivity index (χ0) is 14.4. The van der Waals surface area contributed by atoms with E-state index in [1.165, 1.54) is 6.07 Å². The number of halogens is 2. The van der Waals surface area contributed by atoms with Crippen LogP contribution >= 0.6 is 11.6 Å². The zero-order valence-electron chi connectivity index (χ0n) is 9.31. The molecule has 1 aromatic rings. The molecule has 0 atom stereocenters. The van der Waals surface area contributed by atoms with Crippen molar-refractivity contribution in [3.63, 3.8) is 0 Å². The van der Waals surface area contributed by atoms with Crippen molar-refractivity contribution in [1.82, 2.24) is 5.32 Å². The third-order valence-electron chi connectivity index (χ3n) is 1.79. The average Bonchev–Trinajstić information content (AvgIpc) is 2.31. The third kappa shape index (κ3) is 5.17. The van der Waals surface area contributed by atoms with E-state index in [2.05, 4.69) is 5.32 Å². The van der Waals surface area contributed by atoms with Gasteiger partial charge in [0.25, 0.3) is 5.91 Å². The SMILES string of the molecule is O=C(O)/C=C/C(=O)NC(=O)Nc1cc(F)ccc1Cl. The predicted molar refractivity (Wildman–Crippen MR) is 65.3 cm³/mol. The van der Waals surface area contributed by atoms with Crippen molar-refractivity contribution in [3.05, 3.63) is 41.2 Å². The first-order valence-corrected chi connectivity index (χ1v) is 5.24. The largest absolute Gasteiger partial charge is 0.478 e. The summed E-state index contributed by atoms with van der Waals surface area (Å²) >= 11 is 5.69. The quantitative estimate of drug-likeness (QED) is 0.738. The van der Waals surface area contributed by atoms with Gasteiger partial charge in [0.15, 0.2) is 0 Å². The fourth-order valence-corrected chi connectivity index (χ4v) is 1.21. The molecule has 0 aromatic heterocycles. The lowest BCUT2D eigenvalue weighted by Gasteiger charge is -2.06. The van der Waals surface area contributed by atoms with Gasteiger partial charge in [0.2, 0.25) is 0 Å². The molecule has 8 heteroatoms. The van der Waals surface area contributed by atoms with Gasteiger partial charge in [0.1, 0.15) is 5.82 Å². The molecule has 6 nitrogen and oxygen atoms in total. The van der Waals surface area contributed by atoms with Crippen molar-refractivity contribution in [2.24, 2.45) is 0 Å². The van der Waals surface area contributed by atoms with E-state index in [9.17, 15) is 18.8 Å². The van der Waals surface area contributed by atoms with Crippen molar-refractivity contribution in [1.29, 1.82) is 0 Å². The average molecular weight is 287 g/mol. The van der Waals surface area contributed by atoms with Crippen LogP contribution in [0.2, 0.25) is 5.02 Å². The Hall–Kier alpha value is -2.41. The molecule has 1 rings (SSSR count). The third-order valence-corrected chi connectivity index (χ3v) is 2.12. The standard InChI is InChI=1S/C11H8ClFN2O4/c12-7-2-1-6(13)5-8(7)14-11(19)15-9(16)3-4-10(17)18/h1-5H,(H,17,18)(H2,14,15,16,19)/b4-3+. The van der Waals surface area contributed by atoms with Gasteiger partial charge < -0.3 is 10.4 Å². The van der Waals surface area contributed by atoms with Crippen LogP contribution in [0.4, 0.5) is 14.9 Å². The number of carboxylic acids is 1. The van der Waals surface area contributed by atoms with E-state index in [0.29, 0.717) is 12.2 Å². The van der Waals surface area contributed by atoms with Crippen molar-refractivity contribution >= 4 is 35.2 Å². The maximum absolute atomic E-state index is 12.9. The highest BCUT2D eigenvalue weighted by Crippen LogP contribution is 2.22. The first-order chi connectivity index (χ1) is 8.88. The zero-order valence-corrected chi connectivity index (χ0v) is 10.1. The number of carbonyl (C=O) groups is 3. The number of nitrogens with one attached hydrogen (secondary N) is 2. The molecule has 19 heavy (non-hydrogen) atoms. The Balaban J connectivity index is 2.63. The summed E-state index contributed by atoms with van der Waals surface area (Å²) in [5, 5.41) is 12.3. The second kappa shape index (κ2) is 6.50. The van der Waals surface area contributed by atoms with E-state index >= 15 is 0 Å². The molecule has 100 valence electrons. The maximum Gasteiger partial charge on any atom is 0.328 e. The molecule has 0 radical (unpaired) electrons. The van der Waals surface area contributed by atoms with E-state index in [0.717, 1.165) is 12.1 Å². The fraction of sp³-hybridized carbons (Fsp3) is 0. The number of carbonyl (C=O) groups excluding carboxylic acids is 2. The Morgan fingerprint density at radius 2 is 1.95 bits per heavy atom. The normalized spacial score (nSPS) is 10.2. The Labute approximate surface area is 111 Å². The first-order valence-electron chi connectivity index (χ1n) is 4.86. The van der Waals surface area contributed by atoms with E-state index in [4.69, 9.17) is 16.7 Å². The number of urea groups is 1. The fourth-order valence-electron chi connectivity index (χ4n) is 1.05. The van der Waals surface area contributed by atoms with Gasteiger partial charge in [-0.05, 0) is 18.2 Å². The monoisotopic (exact) mass is 286 g/mol. The van der Waals surface area contributed by atoms with E-state index in [-0.39, 0.29) is 10.7 Å². The summed E-state index contributed by atoms with van der Waals surface area (Å²) in [6.07, 6.45) is 1.23. The van der Waals surface area contributed by atoms with Gasteiger partial charge in [0, 0.05) is 12.2 Å². The lowest BCUT2D eigenvalue weighted by Crippen LogP contribution is -2.33. The Bertz CT molecular complexity index is 560. The summed E-state index contributed by atoms with van der Waals surface area (Å²) in [5.41, 5.74) is -0.0193. The summed E-state index contributed by atoms with van der Waals surface area (Å²) in [4.78, 5) is 32.5. The van der Waals surface area contributed by atoms with Gasteiger partial charge in [-0.2, -0.15) is 0 Å². The van der Waals surface area contributed by atoms with Gasteiger partial charge in [-0.1, -0.05) is 11.6 Å². The molecule has 0 aliphatic carbocycles. The Kier molecular flexibility index (Phi) is 5.01. The van der Waals surface area contributed by atoms with Crippen LogP contribution in [-0.4, -0.2) is 23.0 Å². The lowest BCUT2D eigenvalue weighted by molar-refractivity contribution is -0.131. The van der Waals surface area contributed by atoms with Crippen LogP contribution < -0.4 is 10.6 Å². The molecule has 0 spiro atoms. The first kappa shape index (κ1) is 14.7.